The minimum Gasteiger partial charge on any atom is -0.481 e. The van der Waals surface area contributed by atoms with Gasteiger partial charge < -0.3 is 9.90 Å². The Morgan fingerprint density at radius 2 is 2.00 bits per heavy atom. The Morgan fingerprint density at radius 3 is 2.25 bits per heavy atom. The molecule has 0 saturated carbocycles. The molecular formula is C9H16O3. The third kappa shape index (κ3) is 5.89. The van der Waals surface area contributed by atoms with Crippen molar-refractivity contribution in [2.24, 2.45) is 11.3 Å². The zero-order valence-electron chi connectivity index (χ0n) is 7.83. The van der Waals surface area contributed by atoms with Crippen LogP contribution in [0.5, 0.6) is 0 Å². The maximum absolute atomic E-state index is 10.5. The molecule has 0 heterocycles. The van der Waals surface area contributed by atoms with Crippen molar-refractivity contribution in [2.75, 3.05) is 0 Å². The van der Waals surface area contributed by atoms with Crippen molar-refractivity contribution in [3.63, 3.8) is 0 Å². The fraction of sp³-hybridized carbons (Fsp3) is 0.778. The fourth-order valence-corrected chi connectivity index (χ4v) is 1.18. The molecule has 0 aliphatic rings. The molecule has 1 unspecified atom stereocenters. The van der Waals surface area contributed by atoms with E-state index < -0.39 is 5.97 Å². The quantitative estimate of drug-likeness (QED) is 0.657. The molecule has 12 heavy (non-hydrogen) atoms. The lowest BCUT2D eigenvalue weighted by Crippen LogP contribution is -2.17. The zero-order chi connectivity index (χ0) is 9.78. The SMILES string of the molecule is CC(C)(C)CC(C=O)CC(=O)O. The largest absolute Gasteiger partial charge is 0.481 e. The standard InChI is InChI=1S/C9H16O3/c1-9(2,3)5-7(6-10)4-8(11)12/h6-7H,4-5H2,1-3H3,(H,11,12). The Hall–Kier alpha value is -0.860. The minimum atomic E-state index is -0.906. The summed E-state index contributed by atoms with van der Waals surface area (Å²) in [6, 6.07) is 0. The summed E-state index contributed by atoms with van der Waals surface area (Å²) in [5.41, 5.74) is 0.0149. The second-order valence-corrected chi connectivity index (χ2v) is 4.26. The van der Waals surface area contributed by atoms with Gasteiger partial charge in [0.25, 0.3) is 0 Å². The first-order chi connectivity index (χ1) is 5.35. The topological polar surface area (TPSA) is 54.4 Å². The summed E-state index contributed by atoms with van der Waals surface area (Å²) in [6.45, 7) is 5.97. The van der Waals surface area contributed by atoms with Gasteiger partial charge in [-0.25, -0.2) is 0 Å². The predicted octanol–water partition coefficient (Wildman–Crippen LogP) is 1.71. The molecule has 0 aromatic rings. The summed E-state index contributed by atoms with van der Waals surface area (Å²) < 4.78 is 0. The van der Waals surface area contributed by atoms with Crippen LogP contribution in [-0.4, -0.2) is 17.4 Å². The summed E-state index contributed by atoms with van der Waals surface area (Å²) in [5.74, 6) is -1.25. The van der Waals surface area contributed by atoms with Crippen LogP contribution >= 0.6 is 0 Å². The van der Waals surface area contributed by atoms with E-state index in [1.54, 1.807) is 0 Å². The molecule has 0 rings (SSSR count). The fourth-order valence-electron chi connectivity index (χ4n) is 1.18. The van der Waals surface area contributed by atoms with Gasteiger partial charge in [0.1, 0.15) is 6.29 Å². The molecule has 0 aromatic carbocycles. The maximum atomic E-state index is 10.5. The van der Waals surface area contributed by atoms with E-state index in [1.807, 2.05) is 20.8 Å². The Bertz CT molecular complexity index is 167. The van der Waals surface area contributed by atoms with E-state index in [0.29, 0.717) is 6.42 Å². The second kappa shape index (κ2) is 4.24. The Labute approximate surface area is 72.8 Å². The monoisotopic (exact) mass is 172 g/mol. The van der Waals surface area contributed by atoms with Crippen LogP contribution in [0.3, 0.4) is 0 Å². The molecule has 1 atom stereocenters. The molecule has 0 aliphatic heterocycles. The lowest BCUT2D eigenvalue weighted by molar-refractivity contribution is -0.139. The molecule has 1 N–H and O–H groups in total. The molecule has 70 valence electrons. The van der Waals surface area contributed by atoms with Crippen LogP contribution in [0, 0.1) is 11.3 Å². The Balaban J connectivity index is 4.00. The molecule has 0 bridgehead atoms. The number of carboxylic acid groups (broad SMARTS) is 1. The van der Waals surface area contributed by atoms with Gasteiger partial charge in [-0.15, -0.1) is 0 Å². The first-order valence-corrected chi connectivity index (χ1v) is 4.02. The van der Waals surface area contributed by atoms with E-state index >= 15 is 0 Å². The highest BCUT2D eigenvalue weighted by Gasteiger charge is 2.20. The molecule has 0 spiro atoms. The summed E-state index contributed by atoms with van der Waals surface area (Å²) in [6.07, 6.45) is 1.31. The van der Waals surface area contributed by atoms with E-state index in [2.05, 4.69) is 0 Å². The van der Waals surface area contributed by atoms with Gasteiger partial charge in [-0.3, -0.25) is 4.79 Å². The van der Waals surface area contributed by atoms with E-state index in [4.69, 9.17) is 5.11 Å². The number of carbonyl (C=O) groups excluding carboxylic acids is 1. The van der Waals surface area contributed by atoms with E-state index in [9.17, 15) is 9.59 Å². The minimum absolute atomic E-state index is 0.0149. The van der Waals surface area contributed by atoms with Crippen LogP contribution in [0.25, 0.3) is 0 Å². The first kappa shape index (κ1) is 11.1. The molecular weight excluding hydrogens is 156 g/mol. The highest BCUT2D eigenvalue weighted by Crippen LogP contribution is 2.24. The third-order valence-corrected chi connectivity index (χ3v) is 1.50. The van der Waals surface area contributed by atoms with Crippen molar-refractivity contribution < 1.29 is 14.7 Å². The van der Waals surface area contributed by atoms with Gasteiger partial charge in [-0.1, -0.05) is 20.8 Å². The number of hydrogen-bond acceptors (Lipinski definition) is 2. The highest BCUT2D eigenvalue weighted by molar-refractivity contribution is 5.71. The van der Waals surface area contributed by atoms with Gasteiger partial charge in [0.2, 0.25) is 0 Å². The summed E-state index contributed by atoms with van der Waals surface area (Å²) in [7, 11) is 0. The lowest BCUT2D eigenvalue weighted by Gasteiger charge is -2.20. The summed E-state index contributed by atoms with van der Waals surface area (Å²) in [4.78, 5) is 20.8. The highest BCUT2D eigenvalue weighted by atomic mass is 16.4. The lowest BCUT2D eigenvalue weighted by atomic mass is 9.84. The van der Waals surface area contributed by atoms with Gasteiger partial charge in [0, 0.05) is 5.92 Å². The number of carbonyl (C=O) groups is 2. The Kier molecular flexibility index (Phi) is 3.93. The number of carboxylic acids is 1. The molecule has 0 amide bonds. The van der Waals surface area contributed by atoms with E-state index in [0.717, 1.165) is 6.29 Å². The number of aliphatic carboxylic acids is 1. The molecule has 3 nitrogen and oxygen atoms in total. The smallest absolute Gasteiger partial charge is 0.304 e. The van der Waals surface area contributed by atoms with Gasteiger partial charge in [-0.2, -0.15) is 0 Å². The third-order valence-electron chi connectivity index (χ3n) is 1.50. The van der Waals surface area contributed by atoms with Gasteiger partial charge in [0.15, 0.2) is 0 Å². The first-order valence-electron chi connectivity index (χ1n) is 4.02. The summed E-state index contributed by atoms with van der Waals surface area (Å²) >= 11 is 0. The number of aldehydes is 1. The van der Waals surface area contributed by atoms with Crippen LogP contribution < -0.4 is 0 Å². The van der Waals surface area contributed by atoms with Crippen molar-refractivity contribution in [1.82, 2.24) is 0 Å². The number of rotatable bonds is 4. The average molecular weight is 172 g/mol. The normalized spacial score (nSPS) is 13.9. The van der Waals surface area contributed by atoms with Crippen molar-refractivity contribution >= 4 is 12.3 Å². The van der Waals surface area contributed by atoms with Crippen molar-refractivity contribution in [3.8, 4) is 0 Å². The average Bonchev–Trinajstić information content (AvgIpc) is 1.82. The summed E-state index contributed by atoms with van der Waals surface area (Å²) in [5, 5.41) is 8.45. The number of hydrogen-bond donors (Lipinski definition) is 1. The van der Waals surface area contributed by atoms with Crippen molar-refractivity contribution in [1.29, 1.82) is 0 Å². The van der Waals surface area contributed by atoms with Gasteiger partial charge in [0.05, 0.1) is 6.42 Å². The molecule has 3 heteroatoms. The van der Waals surface area contributed by atoms with Crippen LogP contribution in [0.2, 0.25) is 0 Å². The molecule has 0 aromatic heterocycles. The van der Waals surface area contributed by atoms with Crippen LogP contribution in [-0.2, 0) is 9.59 Å². The molecule has 0 aliphatic carbocycles. The van der Waals surface area contributed by atoms with Crippen LogP contribution in [0.1, 0.15) is 33.6 Å². The molecule has 0 fully saturated rings. The molecule has 0 saturated heterocycles. The van der Waals surface area contributed by atoms with Crippen molar-refractivity contribution in [2.45, 2.75) is 33.6 Å². The van der Waals surface area contributed by atoms with Crippen molar-refractivity contribution in [3.05, 3.63) is 0 Å². The van der Waals surface area contributed by atoms with Crippen LogP contribution in [0.15, 0.2) is 0 Å². The second-order valence-electron chi connectivity index (χ2n) is 4.26. The van der Waals surface area contributed by atoms with E-state index in [1.165, 1.54) is 0 Å². The van der Waals surface area contributed by atoms with Gasteiger partial charge in [-0.05, 0) is 11.8 Å². The van der Waals surface area contributed by atoms with E-state index in [-0.39, 0.29) is 17.8 Å². The molecule has 0 radical (unpaired) electrons. The maximum Gasteiger partial charge on any atom is 0.304 e. The van der Waals surface area contributed by atoms with Crippen LogP contribution in [0.4, 0.5) is 0 Å². The predicted molar refractivity (Wildman–Crippen MR) is 45.9 cm³/mol. The Morgan fingerprint density at radius 1 is 1.50 bits per heavy atom. The van der Waals surface area contributed by atoms with Gasteiger partial charge >= 0.3 is 5.97 Å². The zero-order valence-corrected chi connectivity index (χ0v) is 7.83.